The molecular weight excluding hydrogens is 256 g/mol. The van der Waals surface area contributed by atoms with Gasteiger partial charge in [-0.1, -0.05) is 41.9 Å². The molecule has 0 saturated carbocycles. The molecule has 2 aromatic carbocycles. The summed E-state index contributed by atoms with van der Waals surface area (Å²) in [4.78, 5) is 2.22. The Kier molecular flexibility index (Phi) is 4.83. The van der Waals surface area contributed by atoms with Crippen LogP contribution in [-0.2, 0) is 0 Å². The zero-order valence-electron chi connectivity index (χ0n) is 11.1. The number of nitrogens with two attached hydrogens (primary N) is 1. The van der Waals surface area contributed by atoms with E-state index in [0.717, 1.165) is 23.6 Å². The molecule has 2 nitrogen and oxygen atoms in total. The Morgan fingerprint density at radius 3 is 2.32 bits per heavy atom. The minimum absolute atomic E-state index is 0.0448. The minimum Gasteiger partial charge on any atom is -0.375 e. The fourth-order valence-electron chi connectivity index (χ4n) is 2.02. The van der Waals surface area contributed by atoms with E-state index in [2.05, 4.69) is 24.1 Å². The Bertz CT molecular complexity index is 496. The molecule has 0 amide bonds. The van der Waals surface area contributed by atoms with Crippen LogP contribution in [0, 0.1) is 0 Å². The van der Waals surface area contributed by atoms with Crippen molar-refractivity contribution in [3.8, 4) is 0 Å². The molecule has 0 spiro atoms. The number of benzene rings is 2. The zero-order valence-corrected chi connectivity index (χ0v) is 11.8. The van der Waals surface area contributed by atoms with E-state index in [0.29, 0.717) is 0 Å². The van der Waals surface area contributed by atoms with E-state index >= 15 is 0 Å². The van der Waals surface area contributed by atoms with Crippen molar-refractivity contribution in [1.82, 2.24) is 0 Å². The van der Waals surface area contributed by atoms with Gasteiger partial charge in [0.25, 0.3) is 0 Å². The molecule has 2 aromatic rings. The standard InChI is InChI=1S/C16H19ClN2/c1-19(15-5-3-2-4-6-15)12-11-16(18)13-7-9-14(17)10-8-13/h2-10,16H,11-12,18H2,1H3. The van der Waals surface area contributed by atoms with Crippen molar-refractivity contribution in [2.45, 2.75) is 12.5 Å². The van der Waals surface area contributed by atoms with Gasteiger partial charge in [-0.2, -0.15) is 0 Å². The molecule has 0 aromatic heterocycles. The van der Waals surface area contributed by atoms with Crippen molar-refractivity contribution < 1.29 is 0 Å². The Morgan fingerprint density at radius 2 is 1.68 bits per heavy atom. The smallest absolute Gasteiger partial charge is 0.0406 e. The molecule has 0 radical (unpaired) electrons. The van der Waals surface area contributed by atoms with Gasteiger partial charge < -0.3 is 10.6 Å². The third kappa shape index (κ3) is 3.98. The van der Waals surface area contributed by atoms with E-state index in [9.17, 15) is 0 Å². The largest absolute Gasteiger partial charge is 0.375 e. The number of para-hydroxylation sites is 1. The minimum atomic E-state index is 0.0448. The second kappa shape index (κ2) is 6.60. The summed E-state index contributed by atoms with van der Waals surface area (Å²) in [5, 5.41) is 0.748. The fourth-order valence-corrected chi connectivity index (χ4v) is 2.15. The topological polar surface area (TPSA) is 29.3 Å². The van der Waals surface area contributed by atoms with Crippen LogP contribution < -0.4 is 10.6 Å². The Morgan fingerprint density at radius 1 is 1.05 bits per heavy atom. The lowest BCUT2D eigenvalue weighted by Gasteiger charge is -2.21. The highest BCUT2D eigenvalue weighted by Gasteiger charge is 2.07. The highest BCUT2D eigenvalue weighted by molar-refractivity contribution is 6.30. The van der Waals surface area contributed by atoms with E-state index in [1.807, 2.05) is 42.5 Å². The average molecular weight is 275 g/mol. The summed E-state index contributed by atoms with van der Waals surface area (Å²) in [7, 11) is 2.09. The Balaban J connectivity index is 1.90. The molecule has 0 aliphatic rings. The summed E-state index contributed by atoms with van der Waals surface area (Å²) in [6.45, 7) is 0.924. The zero-order chi connectivity index (χ0) is 13.7. The molecule has 2 rings (SSSR count). The predicted molar refractivity (Wildman–Crippen MR) is 82.7 cm³/mol. The lowest BCUT2D eigenvalue weighted by Crippen LogP contribution is -2.23. The maximum Gasteiger partial charge on any atom is 0.0406 e. The van der Waals surface area contributed by atoms with E-state index in [1.165, 1.54) is 5.69 Å². The maximum absolute atomic E-state index is 6.20. The highest BCUT2D eigenvalue weighted by atomic mass is 35.5. The first kappa shape index (κ1) is 13.9. The number of anilines is 1. The summed E-state index contributed by atoms with van der Waals surface area (Å²) < 4.78 is 0. The summed E-state index contributed by atoms with van der Waals surface area (Å²) in [5.74, 6) is 0. The van der Waals surface area contributed by atoms with Gasteiger partial charge in [-0.3, -0.25) is 0 Å². The first-order valence-electron chi connectivity index (χ1n) is 6.44. The van der Waals surface area contributed by atoms with E-state index in [1.54, 1.807) is 0 Å². The molecule has 19 heavy (non-hydrogen) atoms. The van der Waals surface area contributed by atoms with Gasteiger partial charge in [0.15, 0.2) is 0 Å². The normalized spacial score (nSPS) is 12.2. The molecule has 0 bridgehead atoms. The molecule has 0 aliphatic heterocycles. The third-order valence-electron chi connectivity index (χ3n) is 3.27. The summed E-state index contributed by atoms with van der Waals surface area (Å²) in [6.07, 6.45) is 0.910. The van der Waals surface area contributed by atoms with Gasteiger partial charge in [0, 0.05) is 30.3 Å². The molecule has 0 fully saturated rings. The molecule has 100 valence electrons. The number of nitrogens with zero attached hydrogens (tertiary/aromatic N) is 1. The van der Waals surface area contributed by atoms with Crippen LogP contribution in [-0.4, -0.2) is 13.6 Å². The van der Waals surface area contributed by atoms with Gasteiger partial charge in [0.05, 0.1) is 0 Å². The van der Waals surface area contributed by atoms with E-state index in [4.69, 9.17) is 17.3 Å². The van der Waals surface area contributed by atoms with Crippen LogP contribution in [0.1, 0.15) is 18.0 Å². The van der Waals surface area contributed by atoms with Crippen LogP contribution in [0.25, 0.3) is 0 Å². The van der Waals surface area contributed by atoms with Gasteiger partial charge in [0.2, 0.25) is 0 Å². The maximum atomic E-state index is 6.20. The third-order valence-corrected chi connectivity index (χ3v) is 3.52. The molecule has 1 atom stereocenters. The van der Waals surface area contributed by atoms with Crippen LogP contribution in [0.2, 0.25) is 5.02 Å². The number of hydrogen-bond donors (Lipinski definition) is 1. The lowest BCUT2D eigenvalue weighted by atomic mass is 10.0. The van der Waals surface area contributed by atoms with Crippen molar-refractivity contribution in [3.63, 3.8) is 0 Å². The number of halogens is 1. The van der Waals surface area contributed by atoms with E-state index in [-0.39, 0.29) is 6.04 Å². The first-order chi connectivity index (χ1) is 9.16. The van der Waals surface area contributed by atoms with Crippen LogP contribution in [0.5, 0.6) is 0 Å². The SMILES string of the molecule is CN(CCC(N)c1ccc(Cl)cc1)c1ccccc1. The second-order valence-corrected chi connectivity index (χ2v) is 5.14. The van der Waals surface area contributed by atoms with Crippen molar-refractivity contribution in [3.05, 3.63) is 65.2 Å². The lowest BCUT2D eigenvalue weighted by molar-refractivity contribution is 0.645. The number of hydrogen-bond acceptors (Lipinski definition) is 2. The fraction of sp³-hybridized carbons (Fsp3) is 0.250. The van der Waals surface area contributed by atoms with Gasteiger partial charge >= 0.3 is 0 Å². The van der Waals surface area contributed by atoms with Gasteiger partial charge in [0.1, 0.15) is 0 Å². The molecule has 0 saturated heterocycles. The average Bonchev–Trinajstić information content (AvgIpc) is 2.46. The van der Waals surface area contributed by atoms with Crippen LogP contribution in [0.3, 0.4) is 0 Å². The summed E-state index contributed by atoms with van der Waals surface area (Å²) in [6, 6.07) is 18.1. The van der Waals surface area contributed by atoms with Crippen molar-refractivity contribution in [2.75, 3.05) is 18.5 Å². The quantitative estimate of drug-likeness (QED) is 0.897. The van der Waals surface area contributed by atoms with Crippen molar-refractivity contribution >= 4 is 17.3 Å². The molecule has 0 heterocycles. The Labute approximate surface area is 119 Å². The van der Waals surface area contributed by atoms with Crippen molar-refractivity contribution in [2.24, 2.45) is 5.73 Å². The second-order valence-electron chi connectivity index (χ2n) is 4.70. The van der Waals surface area contributed by atoms with Gasteiger partial charge in [-0.15, -0.1) is 0 Å². The summed E-state index contributed by atoms with van der Waals surface area (Å²) >= 11 is 5.87. The van der Waals surface area contributed by atoms with Crippen LogP contribution in [0.4, 0.5) is 5.69 Å². The monoisotopic (exact) mass is 274 g/mol. The molecule has 3 heteroatoms. The van der Waals surface area contributed by atoms with E-state index < -0.39 is 0 Å². The first-order valence-corrected chi connectivity index (χ1v) is 6.82. The molecular formula is C16H19ClN2. The predicted octanol–water partition coefficient (Wildman–Crippen LogP) is 3.87. The number of rotatable bonds is 5. The van der Waals surface area contributed by atoms with Crippen LogP contribution in [0.15, 0.2) is 54.6 Å². The molecule has 2 N–H and O–H groups in total. The Hall–Kier alpha value is -1.51. The molecule has 0 aliphatic carbocycles. The van der Waals surface area contributed by atoms with Gasteiger partial charge in [-0.05, 0) is 36.2 Å². The van der Waals surface area contributed by atoms with Crippen molar-refractivity contribution in [1.29, 1.82) is 0 Å². The molecule has 1 unspecified atom stereocenters. The van der Waals surface area contributed by atoms with Gasteiger partial charge in [-0.25, -0.2) is 0 Å². The van der Waals surface area contributed by atoms with Crippen LogP contribution >= 0.6 is 11.6 Å². The summed E-state index contributed by atoms with van der Waals surface area (Å²) in [5.41, 5.74) is 8.55. The highest BCUT2D eigenvalue weighted by Crippen LogP contribution is 2.19.